The first-order chi connectivity index (χ1) is 6.22. The number of hydrogen-bond donors (Lipinski definition) is 1. The Kier molecular flexibility index (Phi) is 3.48. The molecule has 1 fully saturated rings. The molecule has 3 heteroatoms. The van der Waals surface area contributed by atoms with Crippen LogP contribution >= 0.6 is 0 Å². The minimum atomic E-state index is -0.00236. The molecule has 0 aliphatic carbocycles. The molecule has 0 bridgehead atoms. The Bertz CT molecular complexity index is 199. The van der Waals surface area contributed by atoms with Gasteiger partial charge in [0.15, 0.2) is 0 Å². The molecular weight excluding hydrogens is 166 g/mol. The zero-order valence-electron chi connectivity index (χ0n) is 8.07. The summed E-state index contributed by atoms with van der Waals surface area (Å²) in [5, 5.41) is 9.04. The molecule has 0 spiro atoms. The highest BCUT2D eigenvalue weighted by atomic mass is 16.3. The Hall–Kier alpha value is -0.830. The van der Waals surface area contributed by atoms with Gasteiger partial charge in [0.2, 0.25) is 5.91 Å². The highest BCUT2D eigenvalue weighted by Gasteiger charge is 2.31. The van der Waals surface area contributed by atoms with Crippen molar-refractivity contribution in [1.82, 2.24) is 4.90 Å². The summed E-state index contributed by atoms with van der Waals surface area (Å²) in [5.74, 6) is 0.416. The molecule has 0 saturated carbocycles. The van der Waals surface area contributed by atoms with Crippen molar-refractivity contribution in [3.63, 3.8) is 0 Å². The lowest BCUT2D eigenvalue weighted by atomic mass is 10.1. The van der Waals surface area contributed by atoms with Crippen LogP contribution in [0.2, 0.25) is 0 Å². The van der Waals surface area contributed by atoms with Gasteiger partial charge in [0.1, 0.15) is 0 Å². The molecule has 1 amide bonds. The van der Waals surface area contributed by atoms with E-state index in [-0.39, 0.29) is 24.5 Å². The van der Waals surface area contributed by atoms with Crippen LogP contribution in [0.25, 0.3) is 0 Å². The second-order valence-electron chi connectivity index (χ2n) is 3.49. The van der Waals surface area contributed by atoms with E-state index in [2.05, 4.69) is 6.58 Å². The Labute approximate surface area is 79.0 Å². The van der Waals surface area contributed by atoms with Gasteiger partial charge in [-0.15, -0.1) is 6.58 Å². The molecule has 1 saturated heterocycles. The number of rotatable bonds is 4. The molecule has 1 aliphatic heterocycles. The molecule has 1 N–H and O–H groups in total. The second-order valence-corrected chi connectivity index (χ2v) is 3.49. The van der Waals surface area contributed by atoms with Gasteiger partial charge in [-0.2, -0.15) is 0 Å². The normalized spacial score (nSPS) is 24.9. The molecule has 0 radical (unpaired) electrons. The van der Waals surface area contributed by atoms with E-state index in [1.54, 1.807) is 4.90 Å². The largest absolute Gasteiger partial charge is 0.394 e. The van der Waals surface area contributed by atoms with Crippen LogP contribution in [0.1, 0.15) is 19.8 Å². The molecule has 3 nitrogen and oxygen atoms in total. The minimum Gasteiger partial charge on any atom is -0.394 e. The summed E-state index contributed by atoms with van der Waals surface area (Å²) in [6, 6.07) is -0.00236. The maximum Gasteiger partial charge on any atom is 0.223 e. The quantitative estimate of drug-likeness (QED) is 0.655. The average molecular weight is 183 g/mol. The lowest BCUT2D eigenvalue weighted by molar-refractivity contribution is -0.130. The Morgan fingerprint density at radius 3 is 2.92 bits per heavy atom. The second kappa shape index (κ2) is 4.42. The first-order valence-corrected chi connectivity index (χ1v) is 4.75. The fourth-order valence-corrected chi connectivity index (χ4v) is 1.72. The van der Waals surface area contributed by atoms with Gasteiger partial charge in [0, 0.05) is 18.9 Å². The highest BCUT2D eigenvalue weighted by Crippen LogP contribution is 2.21. The number of aliphatic hydroxyl groups excluding tert-OH is 1. The van der Waals surface area contributed by atoms with E-state index in [0.29, 0.717) is 6.42 Å². The van der Waals surface area contributed by atoms with Gasteiger partial charge in [-0.3, -0.25) is 4.79 Å². The number of amides is 1. The van der Waals surface area contributed by atoms with Crippen molar-refractivity contribution < 1.29 is 9.90 Å². The molecule has 1 unspecified atom stereocenters. The Morgan fingerprint density at radius 1 is 1.85 bits per heavy atom. The van der Waals surface area contributed by atoms with Crippen molar-refractivity contribution in [3.8, 4) is 0 Å². The molecule has 1 heterocycles. The standard InChI is InChI=1S/C10H17NO2/c1-3-8-5-10(13)11(6-8)9(4-2)7-12/h3,8-9,12H,1,4-7H2,2H3/t8?,9-/m0/s1. The van der Waals surface area contributed by atoms with Crippen molar-refractivity contribution in [2.45, 2.75) is 25.8 Å². The van der Waals surface area contributed by atoms with E-state index in [4.69, 9.17) is 5.11 Å². The number of nitrogens with zero attached hydrogens (tertiary/aromatic N) is 1. The summed E-state index contributed by atoms with van der Waals surface area (Å²) in [6.07, 6.45) is 3.19. The first kappa shape index (κ1) is 10.3. The topological polar surface area (TPSA) is 40.5 Å². The minimum absolute atomic E-state index is 0.00236. The van der Waals surface area contributed by atoms with Crippen LogP contribution in [-0.2, 0) is 4.79 Å². The SMILES string of the molecule is C=CC1CC(=O)N([C@@H](CC)CO)C1. The molecule has 1 rings (SSSR count). The Morgan fingerprint density at radius 2 is 2.54 bits per heavy atom. The predicted molar refractivity (Wildman–Crippen MR) is 51.2 cm³/mol. The van der Waals surface area contributed by atoms with Crippen molar-refractivity contribution >= 4 is 5.91 Å². The smallest absolute Gasteiger partial charge is 0.223 e. The zero-order chi connectivity index (χ0) is 9.84. The van der Waals surface area contributed by atoms with Gasteiger partial charge in [-0.05, 0) is 6.42 Å². The lowest BCUT2D eigenvalue weighted by Gasteiger charge is -2.25. The van der Waals surface area contributed by atoms with E-state index in [1.807, 2.05) is 13.0 Å². The number of likely N-dealkylation sites (tertiary alicyclic amines) is 1. The van der Waals surface area contributed by atoms with E-state index in [1.165, 1.54) is 0 Å². The molecule has 1 aliphatic rings. The van der Waals surface area contributed by atoms with E-state index in [9.17, 15) is 4.79 Å². The summed E-state index contributed by atoms with van der Waals surface area (Å²) in [7, 11) is 0. The maximum absolute atomic E-state index is 11.5. The van der Waals surface area contributed by atoms with E-state index >= 15 is 0 Å². The van der Waals surface area contributed by atoms with E-state index in [0.717, 1.165) is 13.0 Å². The third-order valence-corrected chi connectivity index (χ3v) is 2.64. The van der Waals surface area contributed by atoms with Crippen molar-refractivity contribution in [1.29, 1.82) is 0 Å². The molecule has 0 aromatic carbocycles. The van der Waals surface area contributed by atoms with Gasteiger partial charge >= 0.3 is 0 Å². The third kappa shape index (κ3) is 2.10. The lowest BCUT2D eigenvalue weighted by Crippen LogP contribution is -2.38. The number of hydrogen-bond acceptors (Lipinski definition) is 2. The van der Waals surface area contributed by atoms with Gasteiger partial charge in [-0.1, -0.05) is 13.0 Å². The molecule has 2 atom stereocenters. The molecule has 13 heavy (non-hydrogen) atoms. The number of carbonyl (C=O) groups excluding carboxylic acids is 1. The van der Waals surface area contributed by atoms with Crippen LogP contribution in [0.5, 0.6) is 0 Å². The average Bonchev–Trinajstić information content (AvgIpc) is 2.50. The number of aliphatic hydroxyl groups is 1. The third-order valence-electron chi connectivity index (χ3n) is 2.64. The van der Waals surface area contributed by atoms with Gasteiger partial charge < -0.3 is 10.0 Å². The number of carbonyl (C=O) groups is 1. The van der Waals surface area contributed by atoms with Gasteiger partial charge in [0.05, 0.1) is 12.6 Å². The van der Waals surface area contributed by atoms with Crippen LogP contribution in [0.4, 0.5) is 0 Å². The summed E-state index contributed by atoms with van der Waals surface area (Å²) < 4.78 is 0. The highest BCUT2D eigenvalue weighted by molar-refractivity contribution is 5.79. The summed E-state index contributed by atoms with van der Waals surface area (Å²) >= 11 is 0. The van der Waals surface area contributed by atoms with Gasteiger partial charge in [-0.25, -0.2) is 0 Å². The summed E-state index contributed by atoms with van der Waals surface area (Å²) in [6.45, 7) is 6.45. The summed E-state index contributed by atoms with van der Waals surface area (Å²) in [5.41, 5.74) is 0. The molecular formula is C10H17NO2. The van der Waals surface area contributed by atoms with Crippen LogP contribution in [0.3, 0.4) is 0 Å². The maximum atomic E-state index is 11.5. The fourth-order valence-electron chi connectivity index (χ4n) is 1.72. The Balaban J connectivity index is 2.60. The zero-order valence-corrected chi connectivity index (χ0v) is 8.07. The van der Waals surface area contributed by atoms with Crippen LogP contribution in [-0.4, -0.2) is 35.1 Å². The van der Waals surface area contributed by atoms with Crippen molar-refractivity contribution in [2.24, 2.45) is 5.92 Å². The van der Waals surface area contributed by atoms with E-state index < -0.39 is 0 Å². The van der Waals surface area contributed by atoms with Crippen LogP contribution < -0.4 is 0 Å². The van der Waals surface area contributed by atoms with Crippen molar-refractivity contribution in [2.75, 3.05) is 13.2 Å². The monoisotopic (exact) mass is 183 g/mol. The van der Waals surface area contributed by atoms with Crippen LogP contribution in [0.15, 0.2) is 12.7 Å². The fraction of sp³-hybridized carbons (Fsp3) is 0.700. The van der Waals surface area contributed by atoms with Gasteiger partial charge in [0.25, 0.3) is 0 Å². The van der Waals surface area contributed by atoms with Crippen LogP contribution in [0, 0.1) is 5.92 Å². The molecule has 0 aromatic heterocycles. The van der Waals surface area contributed by atoms with Crippen molar-refractivity contribution in [3.05, 3.63) is 12.7 Å². The molecule has 74 valence electrons. The first-order valence-electron chi connectivity index (χ1n) is 4.75. The predicted octanol–water partition coefficient (Wildman–Crippen LogP) is 0.792. The molecule has 0 aromatic rings. The summed E-state index contributed by atoms with van der Waals surface area (Å²) in [4.78, 5) is 13.2.